The Labute approximate surface area is 153 Å². The number of esters is 1. The Morgan fingerprint density at radius 2 is 1.54 bits per heavy atom. The number of carbonyl (C=O) groups is 3. The van der Waals surface area contributed by atoms with Crippen molar-refractivity contribution in [3.63, 3.8) is 0 Å². The first-order chi connectivity index (χ1) is 12.4. The normalized spacial score (nSPS) is 31.5. The van der Waals surface area contributed by atoms with Gasteiger partial charge in [0.25, 0.3) is 5.91 Å². The summed E-state index contributed by atoms with van der Waals surface area (Å²) in [5, 5.41) is 2.71. The molecule has 1 aromatic carbocycles. The van der Waals surface area contributed by atoms with Crippen LogP contribution < -0.4 is 5.32 Å². The molecule has 5 nitrogen and oxygen atoms in total. The molecule has 0 heterocycles. The Kier molecular flexibility index (Phi) is 4.33. The highest BCUT2D eigenvalue weighted by molar-refractivity contribution is 5.96. The lowest BCUT2D eigenvalue weighted by atomic mass is 9.49. The van der Waals surface area contributed by atoms with E-state index >= 15 is 0 Å². The van der Waals surface area contributed by atoms with Gasteiger partial charge in [-0.25, -0.2) is 0 Å². The predicted octanol–water partition coefficient (Wildman–Crippen LogP) is 3.59. The fraction of sp³-hybridized carbons (Fsp3) is 0.571. The second kappa shape index (κ2) is 6.53. The maximum Gasteiger partial charge on any atom is 0.312 e. The maximum absolute atomic E-state index is 12.7. The molecule has 138 valence electrons. The molecular formula is C21H25NO4. The molecule has 4 fully saturated rings. The van der Waals surface area contributed by atoms with E-state index < -0.39 is 0 Å². The number of carbonyl (C=O) groups excluding carboxylic acids is 3. The van der Waals surface area contributed by atoms with Crippen molar-refractivity contribution in [2.75, 3.05) is 11.9 Å². The quantitative estimate of drug-likeness (QED) is 0.647. The molecule has 0 atom stereocenters. The molecule has 1 amide bonds. The number of hydrogen-bond donors (Lipinski definition) is 1. The fourth-order valence-corrected chi connectivity index (χ4v) is 5.63. The molecule has 1 N–H and O–H groups in total. The van der Waals surface area contributed by atoms with Gasteiger partial charge in [-0.1, -0.05) is 0 Å². The Morgan fingerprint density at radius 3 is 2.04 bits per heavy atom. The Morgan fingerprint density at radius 1 is 1.00 bits per heavy atom. The second-order valence-corrected chi connectivity index (χ2v) is 8.46. The Hall–Kier alpha value is -2.17. The highest BCUT2D eigenvalue weighted by atomic mass is 16.5. The van der Waals surface area contributed by atoms with Crippen LogP contribution in [0.25, 0.3) is 0 Å². The molecular weight excluding hydrogens is 330 g/mol. The molecule has 0 aliphatic heterocycles. The zero-order valence-electron chi connectivity index (χ0n) is 15.1. The molecule has 0 saturated heterocycles. The molecule has 26 heavy (non-hydrogen) atoms. The average Bonchev–Trinajstić information content (AvgIpc) is 2.59. The third-order valence-electron chi connectivity index (χ3n) is 6.38. The summed E-state index contributed by atoms with van der Waals surface area (Å²) in [4.78, 5) is 36.1. The lowest BCUT2D eigenvalue weighted by molar-refractivity contribution is -0.172. The molecule has 0 aromatic heterocycles. The number of anilines is 1. The Bertz CT molecular complexity index is 702. The minimum atomic E-state index is -0.348. The van der Waals surface area contributed by atoms with Crippen LogP contribution in [-0.4, -0.2) is 24.3 Å². The number of benzene rings is 1. The molecule has 5 rings (SSSR count). The number of amides is 1. The summed E-state index contributed by atoms with van der Waals surface area (Å²) in [6.07, 6.45) is 6.61. The van der Waals surface area contributed by atoms with E-state index in [0.29, 0.717) is 29.0 Å². The fourth-order valence-electron chi connectivity index (χ4n) is 5.63. The highest BCUT2D eigenvalue weighted by Crippen LogP contribution is 2.60. The van der Waals surface area contributed by atoms with Crippen molar-refractivity contribution >= 4 is 23.3 Å². The van der Waals surface area contributed by atoms with E-state index in [9.17, 15) is 14.4 Å². The highest BCUT2D eigenvalue weighted by Gasteiger charge is 2.55. The van der Waals surface area contributed by atoms with Gasteiger partial charge in [0.15, 0.2) is 12.4 Å². The minimum absolute atomic E-state index is 0.0209. The molecule has 4 bridgehead atoms. The summed E-state index contributed by atoms with van der Waals surface area (Å²) < 4.78 is 5.42. The molecule has 0 radical (unpaired) electrons. The summed E-state index contributed by atoms with van der Waals surface area (Å²) in [7, 11) is 0. The van der Waals surface area contributed by atoms with Crippen LogP contribution >= 0.6 is 0 Å². The van der Waals surface area contributed by atoms with E-state index in [0.717, 1.165) is 19.3 Å². The molecule has 0 spiro atoms. The molecule has 0 unspecified atom stereocenters. The van der Waals surface area contributed by atoms with Crippen LogP contribution in [0.3, 0.4) is 0 Å². The van der Waals surface area contributed by atoms with Crippen LogP contribution in [0.4, 0.5) is 5.69 Å². The summed E-state index contributed by atoms with van der Waals surface area (Å²) in [6.45, 7) is 1.24. The SMILES string of the molecule is CC(=O)c1ccc(NC(=O)COC(=O)C23CC4CC(CC(C4)C2)C3)cc1. The summed E-state index contributed by atoms with van der Waals surface area (Å²) in [5.41, 5.74) is 0.847. The summed E-state index contributed by atoms with van der Waals surface area (Å²) in [5.74, 6) is 1.46. The van der Waals surface area contributed by atoms with Gasteiger partial charge >= 0.3 is 5.97 Å². The maximum atomic E-state index is 12.7. The van der Waals surface area contributed by atoms with Crippen molar-refractivity contribution in [1.82, 2.24) is 0 Å². The topological polar surface area (TPSA) is 72.5 Å². The third-order valence-corrected chi connectivity index (χ3v) is 6.38. The first kappa shape index (κ1) is 17.3. The number of hydrogen-bond acceptors (Lipinski definition) is 4. The average molecular weight is 355 g/mol. The van der Waals surface area contributed by atoms with E-state index in [1.165, 1.54) is 26.2 Å². The first-order valence-electron chi connectivity index (χ1n) is 9.51. The summed E-state index contributed by atoms with van der Waals surface area (Å²) in [6, 6.07) is 6.68. The smallest absolute Gasteiger partial charge is 0.312 e. The monoisotopic (exact) mass is 355 g/mol. The number of ether oxygens (including phenoxy) is 1. The molecule has 5 heteroatoms. The number of ketones is 1. The van der Waals surface area contributed by atoms with Crippen molar-refractivity contribution in [3.05, 3.63) is 29.8 Å². The lowest BCUT2D eigenvalue weighted by Crippen LogP contribution is -2.50. The zero-order chi connectivity index (χ0) is 18.3. The van der Waals surface area contributed by atoms with Crippen LogP contribution in [0, 0.1) is 23.2 Å². The summed E-state index contributed by atoms with van der Waals surface area (Å²) >= 11 is 0. The van der Waals surface area contributed by atoms with Crippen molar-refractivity contribution in [2.24, 2.45) is 23.2 Å². The lowest BCUT2D eigenvalue weighted by Gasteiger charge is -2.55. The molecule has 4 aliphatic rings. The van der Waals surface area contributed by atoms with Crippen molar-refractivity contribution < 1.29 is 19.1 Å². The van der Waals surface area contributed by atoms with Gasteiger partial charge in [-0.3, -0.25) is 14.4 Å². The van der Waals surface area contributed by atoms with Gasteiger partial charge in [-0.05, 0) is 87.5 Å². The second-order valence-electron chi connectivity index (χ2n) is 8.46. The van der Waals surface area contributed by atoms with Gasteiger partial charge in [0.2, 0.25) is 0 Å². The van der Waals surface area contributed by atoms with Gasteiger partial charge in [0, 0.05) is 11.3 Å². The van der Waals surface area contributed by atoms with Gasteiger partial charge in [-0.15, -0.1) is 0 Å². The minimum Gasteiger partial charge on any atom is -0.455 e. The van der Waals surface area contributed by atoms with Crippen molar-refractivity contribution in [1.29, 1.82) is 0 Å². The molecule has 4 saturated carbocycles. The van der Waals surface area contributed by atoms with E-state index in [1.54, 1.807) is 24.3 Å². The van der Waals surface area contributed by atoms with Gasteiger partial charge in [0.1, 0.15) is 0 Å². The van der Waals surface area contributed by atoms with Crippen LogP contribution in [0.15, 0.2) is 24.3 Å². The van der Waals surface area contributed by atoms with Gasteiger partial charge in [0.05, 0.1) is 5.41 Å². The van der Waals surface area contributed by atoms with Crippen LogP contribution in [-0.2, 0) is 14.3 Å². The van der Waals surface area contributed by atoms with Crippen LogP contribution in [0.5, 0.6) is 0 Å². The third kappa shape index (κ3) is 3.27. The van der Waals surface area contributed by atoms with E-state index in [4.69, 9.17) is 4.74 Å². The molecule has 1 aromatic rings. The van der Waals surface area contributed by atoms with Crippen LogP contribution in [0.2, 0.25) is 0 Å². The zero-order valence-corrected chi connectivity index (χ0v) is 15.1. The number of nitrogens with one attached hydrogen (secondary N) is 1. The van der Waals surface area contributed by atoms with E-state index in [1.807, 2.05) is 0 Å². The van der Waals surface area contributed by atoms with Gasteiger partial charge < -0.3 is 10.1 Å². The van der Waals surface area contributed by atoms with Crippen LogP contribution in [0.1, 0.15) is 55.8 Å². The van der Waals surface area contributed by atoms with E-state index in [-0.39, 0.29) is 29.7 Å². The largest absolute Gasteiger partial charge is 0.455 e. The predicted molar refractivity (Wildman–Crippen MR) is 96.6 cm³/mol. The number of rotatable bonds is 5. The molecule has 4 aliphatic carbocycles. The van der Waals surface area contributed by atoms with Gasteiger partial charge in [-0.2, -0.15) is 0 Å². The van der Waals surface area contributed by atoms with E-state index in [2.05, 4.69) is 5.32 Å². The number of Topliss-reactive ketones (excluding diaryl/α,β-unsaturated/α-hetero) is 1. The van der Waals surface area contributed by atoms with Crippen molar-refractivity contribution in [2.45, 2.75) is 45.4 Å². The van der Waals surface area contributed by atoms with Crippen molar-refractivity contribution in [3.8, 4) is 0 Å². The standard InChI is InChI=1S/C21H25NO4/c1-13(23)17-2-4-18(5-3-17)22-19(24)12-26-20(25)21-9-14-6-15(10-21)8-16(7-14)11-21/h2-5,14-16H,6-12H2,1H3,(H,22,24). The first-order valence-corrected chi connectivity index (χ1v) is 9.51. The Balaban J connectivity index is 1.31.